The minimum absolute atomic E-state index is 0.303. The molecule has 4 aromatic rings. The van der Waals surface area contributed by atoms with Crippen molar-refractivity contribution in [3.8, 4) is 11.3 Å². The first-order valence-electron chi connectivity index (χ1n) is 11.9. The van der Waals surface area contributed by atoms with Crippen LogP contribution >= 0.6 is 22.9 Å². The molecular formula is C28H26ClN3O2S. The summed E-state index contributed by atoms with van der Waals surface area (Å²) in [5.41, 5.74) is 9.77. The quantitative estimate of drug-likeness (QED) is 0.301. The summed E-state index contributed by atoms with van der Waals surface area (Å²) in [4.78, 5) is 32.0. The zero-order valence-electron chi connectivity index (χ0n) is 19.4. The van der Waals surface area contributed by atoms with E-state index in [9.17, 15) is 9.59 Å². The molecule has 0 saturated carbocycles. The lowest BCUT2D eigenvalue weighted by atomic mass is 9.84. The summed E-state index contributed by atoms with van der Waals surface area (Å²) >= 11 is 7.91. The highest BCUT2D eigenvalue weighted by Gasteiger charge is 2.29. The van der Waals surface area contributed by atoms with E-state index in [1.807, 2.05) is 42.5 Å². The van der Waals surface area contributed by atoms with Crippen LogP contribution in [0, 0.1) is 5.92 Å². The number of para-hydroxylation sites is 1. The Labute approximate surface area is 213 Å². The largest absolute Gasteiger partial charge is 0.365 e. The lowest BCUT2D eigenvalue weighted by molar-refractivity contribution is 0.1000. The maximum atomic E-state index is 13.6. The molecule has 3 N–H and O–H groups in total. The average molecular weight is 504 g/mol. The van der Waals surface area contributed by atoms with Gasteiger partial charge < -0.3 is 11.1 Å². The van der Waals surface area contributed by atoms with Crippen molar-refractivity contribution in [1.82, 2.24) is 4.98 Å². The molecule has 2 aromatic carbocycles. The number of aromatic nitrogens is 1. The van der Waals surface area contributed by atoms with Crippen LogP contribution in [0.15, 0.2) is 54.6 Å². The van der Waals surface area contributed by atoms with Gasteiger partial charge in [-0.05, 0) is 48.9 Å². The Kier molecular flexibility index (Phi) is 6.58. The second-order valence-corrected chi connectivity index (χ2v) is 10.5. The van der Waals surface area contributed by atoms with Crippen LogP contribution in [0.4, 0.5) is 5.00 Å². The summed E-state index contributed by atoms with van der Waals surface area (Å²) in [5.74, 6) is -0.191. The minimum Gasteiger partial charge on any atom is -0.365 e. The molecule has 35 heavy (non-hydrogen) atoms. The van der Waals surface area contributed by atoms with Crippen molar-refractivity contribution in [3.05, 3.63) is 81.2 Å². The molecule has 0 fully saturated rings. The lowest BCUT2D eigenvalue weighted by Crippen LogP contribution is -2.20. The molecule has 1 aliphatic rings. The smallest absolute Gasteiger partial charge is 0.257 e. The van der Waals surface area contributed by atoms with Gasteiger partial charge in [0.15, 0.2) is 0 Å². The van der Waals surface area contributed by atoms with E-state index in [2.05, 4.69) is 12.2 Å². The third-order valence-corrected chi connectivity index (χ3v) is 8.15. The number of primary amides is 1. The Balaban J connectivity index is 1.56. The normalized spacial score (nSPS) is 15.1. The van der Waals surface area contributed by atoms with Crippen LogP contribution in [0.1, 0.15) is 57.3 Å². The molecule has 0 spiro atoms. The number of benzene rings is 2. The number of hydrogen-bond donors (Lipinski definition) is 2. The monoisotopic (exact) mass is 503 g/mol. The van der Waals surface area contributed by atoms with E-state index in [4.69, 9.17) is 22.3 Å². The Morgan fingerprint density at radius 1 is 1.17 bits per heavy atom. The van der Waals surface area contributed by atoms with Crippen molar-refractivity contribution < 1.29 is 9.59 Å². The molecule has 0 saturated heterocycles. The SMILES string of the molecule is CCC[C@@H]1CCc2c(sc(NC(=O)c3cc(-c4ccccc4Cl)nc4ccccc34)c2C(N)=O)C1. The van der Waals surface area contributed by atoms with Crippen LogP contribution < -0.4 is 11.1 Å². The van der Waals surface area contributed by atoms with Crippen molar-refractivity contribution in [3.63, 3.8) is 0 Å². The van der Waals surface area contributed by atoms with Crippen LogP contribution in [-0.4, -0.2) is 16.8 Å². The molecular weight excluding hydrogens is 478 g/mol. The Morgan fingerprint density at radius 2 is 1.94 bits per heavy atom. The molecule has 2 heterocycles. The summed E-state index contributed by atoms with van der Waals surface area (Å²) in [6, 6.07) is 16.7. The minimum atomic E-state index is -0.497. The number of nitrogens with two attached hydrogens (primary N) is 1. The highest BCUT2D eigenvalue weighted by atomic mass is 35.5. The van der Waals surface area contributed by atoms with Gasteiger partial charge in [-0.15, -0.1) is 11.3 Å². The molecule has 0 bridgehead atoms. The number of nitrogens with zero attached hydrogens (tertiary/aromatic N) is 1. The standard InChI is InChI=1S/C28H26ClN3O2S/c1-2-7-16-12-13-19-24(14-16)35-28(25(19)26(30)33)32-27(34)20-15-23(18-9-3-5-10-21(18)29)31-22-11-6-4-8-17(20)22/h3-6,8-11,15-16H,2,7,12-14H2,1H3,(H2,30,33)(H,32,34)/t16-/m1/s1. The summed E-state index contributed by atoms with van der Waals surface area (Å²) in [6.07, 6.45) is 5.10. The number of pyridine rings is 1. The molecule has 2 amide bonds. The third kappa shape index (κ3) is 4.56. The van der Waals surface area contributed by atoms with Crippen LogP contribution in [0.3, 0.4) is 0 Å². The fraction of sp³-hybridized carbons (Fsp3) is 0.250. The first-order valence-corrected chi connectivity index (χ1v) is 13.1. The topological polar surface area (TPSA) is 85.1 Å². The molecule has 5 rings (SSSR count). The Morgan fingerprint density at radius 3 is 2.71 bits per heavy atom. The number of halogens is 1. The van der Waals surface area contributed by atoms with Crippen molar-refractivity contribution in [2.45, 2.75) is 39.0 Å². The van der Waals surface area contributed by atoms with Crippen LogP contribution in [0.2, 0.25) is 5.02 Å². The van der Waals surface area contributed by atoms with E-state index in [0.29, 0.717) is 38.3 Å². The number of nitrogens with one attached hydrogen (secondary N) is 1. The Hall–Kier alpha value is -3.22. The maximum Gasteiger partial charge on any atom is 0.257 e. The zero-order valence-corrected chi connectivity index (χ0v) is 21.0. The maximum absolute atomic E-state index is 13.6. The van der Waals surface area contributed by atoms with Crippen LogP contribution in [0.25, 0.3) is 22.2 Å². The van der Waals surface area contributed by atoms with Gasteiger partial charge in [0.05, 0.1) is 22.3 Å². The molecule has 2 aromatic heterocycles. The predicted molar refractivity (Wildman–Crippen MR) is 143 cm³/mol. The van der Waals surface area contributed by atoms with Gasteiger partial charge in [0.2, 0.25) is 0 Å². The summed E-state index contributed by atoms with van der Waals surface area (Å²) in [6.45, 7) is 2.19. The van der Waals surface area contributed by atoms with Gasteiger partial charge in [0.25, 0.3) is 11.8 Å². The summed E-state index contributed by atoms with van der Waals surface area (Å²) in [5, 5.41) is 4.84. The highest BCUT2D eigenvalue weighted by Crippen LogP contribution is 2.41. The van der Waals surface area contributed by atoms with Crippen molar-refractivity contribution in [1.29, 1.82) is 0 Å². The second-order valence-electron chi connectivity index (χ2n) is 8.98. The van der Waals surface area contributed by atoms with E-state index in [1.54, 1.807) is 12.1 Å². The van der Waals surface area contributed by atoms with Gasteiger partial charge >= 0.3 is 0 Å². The summed E-state index contributed by atoms with van der Waals surface area (Å²) in [7, 11) is 0. The number of thiophene rings is 1. The molecule has 7 heteroatoms. The van der Waals surface area contributed by atoms with Gasteiger partial charge in [-0.25, -0.2) is 4.98 Å². The molecule has 5 nitrogen and oxygen atoms in total. The van der Waals surface area contributed by atoms with E-state index >= 15 is 0 Å². The molecule has 0 unspecified atom stereocenters. The number of carbonyl (C=O) groups excluding carboxylic acids is 2. The third-order valence-electron chi connectivity index (χ3n) is 6.65. The van der Waals surface area contributed by atoms with E-state index in [1.165, 1.54) is 17.8 Å². The number of amides is 2. The highest BCUT2D eigenvalue weighted by molar-refractivity contribution is 7.17. The van der Waals surface area contributed by atoms with Gasteiger partial charge in [-0.3, -0.25) is 9.59 Å². The first kappa shape index (κ1) is 23.5. The number of hydrogen-bond acceptors (Lipinski definition) is 4. The molecule has 1 atom stereocenters. The first-order chi connectivity index (χ1) is 17.0. The van der Waals surface area contributed by atoms with Crippen LogP contribution in [-0.2, 0) is 12.8 Å². The summed E-state index contributed by atoms with van der Waals surface area (Å²) < 4.78 is 0. The number of anilines is 1. The van der Waals surface area contributed by atoms with Gasteiger partial charge in [-0.2, -0.15) is 0 Å². The number of rotatable bonds is 6. The molecule has 0 radical (unpaired) electrons. The van der Waals surface area contributed by atoms with E-state index in [-0.39, 0.29) is 5.91 Å². The van der Waals surface area contributed by atoms with E-state index in [0.717, 1.165) is 47.1 Å². The van der Waals surface area contributed by atoms with Gasteiger partial charge in [0.1, 0.15) is 5.00 Å². The number of fused-ring (bicyclic) bond motifs is 2. The molecule has 1 aliphatic carbocycles. The Bertz CT molecular complexity index is 1450. The van der Waals surface area contributed by atoms with E-state index < -0.39 is 5.91 Å². The van der Waals surface area contributed by atoms with Gasteiger partial charge in [-0.1, -0.05) is 67.8 Å². The van der Waals surface area contributed by atoms with Crippen molar-refractivity contribution in [2.75, 3.05) is 5.32 Å². The molecule has 178 valence electrons. The fourth-order valence-corrected chi connectivity index (χ4v) is 6.59. The average Bonchev–Trinajstić information content (AvgIpc) is 3.21. The van der Waals surface area contributed by atoms with Crippen molar-refractivity contribution >= 4 is 50.7 Å². The zero-order chi connectivity index (χ0) is 24.5. The molecule has 0 aliphatic heterocycles. The lowest BCUT2D eigenvalue weighted by Gasteiger charge is -2.21. The van der Waals surface area contributed by atoms with Crippen LogP contribution in [0.5, 0.6) is 0 Å². The predicted octanol–water partition coefficient (Wildman–Crippen LogP) is 6.87. The fourth-order valence-electron chi connectivity index (χ4n) is 5.00. The van der Waals surface area contributed by atoms with Crippen molar-refractivity contribution in [2.24, 2.45) is 11.7 Å². The number of carbonyl (C=O) groups is 2. The van der Waals surface area contributed by atoms with Gasteiger partial charge in [0, 0.05) is 20.8 Å². The second kappa shape index (κ2) is 9.80.